The molecule has 0 bridgehead atoms. The summed E-state index contributed by atoms with van der Waals surface area (Å²) in [7, 11) is 0. The standard InChI is InChI=1S/C22H23N5O3/c1-15-20-16(2)27(17-7-4-3-5-8-17)25-21(20)22(29)26(24-15)13-11-19(28)23-12-10-18-9-6-14-30-18/h3-9,14H,10-13H2,1-2H3,(H,23,28). The topological polar surface area (TPSA) is 94.9 Å². The molecule has 0 atom stereocenters. The average Bonchev–Trinajstić information content (AvgIpc) is 3.38. The first-order valence-corrected chi connectivity index (χ1v) is 9.86. The van der Waals surface area contributed by atoms with Crippen molar-refractivity contribution in [1.82, 2.24) is 24.9 Å². The van der Waals surface area contributed by atoms with E-state index in [1.807, 2.05) is 56.3 Å². The Morgan fingerprint density at radius 3 is 2.63 bits per heavy atom. The van der Waals surface area contributed by atoms with Gasteiger partial charge in [-0.25, -0.2) is 9.36 Å². The van der Waals surface area contributed by atoms with E-state index in [0.29, 0.717) is 24.2 Å². The number of amides is 1. The molecule has 3 heterocycles. The van der Waals surface area contributed by atoms with Crippen LogP contribution in [0.15, 0.2) is 57.9 Å². The lowest BCUT2D eigenvalue weighted by molar-refractivity contribution is -0.121. The zero-order valence-corrected chi connectivity index (χ0v) is 17.0. The summed E-state index contributed by atoms with van der Waals surface area (Å²) in [4.78, 5) is 25.1. The third kappa shape index (κ3) is 3.89. The molecule has 0 saturated heterocycles. The van der Waals surface area contributed by atoms with Gasteiger partial charge in [0.2, 0.25) is 5.91 Å². The first-order chi connectivity index (χ1) is 14.5. The van der Waals surface area contributed by atoms with E-state index in [4.69, 9.17) is 4.42 Å². The number of hydrogen-bond acceptors (Lipinski definition) is 5. The van der Waals surface area contributed by atoms with Gasteiger partial charge in [0.15, 0.2) is 5.52 Å². The van der Waals surface area contributed by atoms with E-state index in [9.17, 15) is 9.59 Å². The maximum absolute atomic E-state index is 12.9. The van der Waals surface area contributed by atoms with Crippen LogP contribution in [0, 0.1) is 13.8 Å². The van der Waals surface area contributed by atoms with Crippen molar-refractivity contribution in [3.8, 4) is 5.69 Å². The molecule has 1 amide bonds. The van der Waals surface area contributed by atoms with Gasteiger partial charge >= 0.3 is 0 Å². The van der Waals surface area contributed by atoms with Gasteiger partial charge in [0.05, 0.1) is 35.3 Å². The smallest absolute Gasteiger partial charge is 0.295 e. The predicted molar refractivity (Wildman–Crippen MR) is 113 cm³/mol. The second-order valence-corrected chi connectivity index (χ2v) is 7.10. The molecule has 8 heteroatoms. The number of furan rings is 1. The molecule has 8 nitrogen and oxygen atoms in total. The largest absolute Gasteiger partial charge is 0.469 e. The number of aromatic nitrogens is 4. The minimum atomic E-state index is -0.295. The Morgan fingerprint density at radius 2 is 1.90 bits per heavy atom. The minimum Gasteiger partial charge on any atom is -0.469 e. The van der Waals surface area contributed by atoms with Gasteiger partial charge in [-0.15, -0.1) is 0 Å². The molecule has 0 radical (unpaired) electrons. The molecule has 0 aliphatic rings. The van der Waals surface area contributed by atoms with Crippen molar-refractivity contribution in [1.29, 1.82) is 0 Å². The van der Waals surface area contributed by atoms with Crippen LogP contribution in [0.25, 0.3) is 16.6 Å². The Morgan fingerprint density at radius 1 is 1.10 bits per heavy atom. The number of nitrogens with zero attached hydrogens (tertiary/aromatic N) is 4. The molecule has 0 spiro atoms. The van der Waals surface area contributed by atoms with Gasteiger partial charge in [-0.2, -0.15) is 10.2 Å². The number of fused-ring (bicyclic) bond motifs is 1. The van der Waals surface area contributed by atoms with Gasteiger partial charge in [-0.05, 0) is 38.1 Å². The Kier molecular flexibility index (Phi) is 5.47. The quantitative estimate of drug-likeness (QED) is 0.510. The molecular formula is C22H23N5O3. The third-order valence-corrected chi connectivity index (χ3v) is 5.01. The number of carbonyl (C=O) groups excluding carboxylic acids is 1. The van der Waals surface area contributed by atoms with Crippen LogP contribution in [0.5, 0.6) is 0 Å². The van der Waals surface area contributed by atoms with E-state index in [-0.39, 0.29) is 24.4 Å². The molecule has 0 fully saturated rings. The summed E-state index contributed by atoms with van der Waals surface area (Å²) in [6, 6.07) is 13.3. The van der Waals surface area contributed by atoms with E-state index in [2.05, 4.69) is 15.5 Å². The summed E-state index contributed by atoms with van der Waals surface area (Å²) in [6.07, 6.45) is 2.39. The van der Waals surface area contributed by atoms with Gasteiger partial charge in [0, 0.05) is 19.4 Å². The van der Waals surface area contributed by atoms with Crippen molar-refractivity contribution >= 4 is 16.8 Å². The zero-order valence-electron chi connectivity index (χ0n) is 17.0. The summed E-state index contributed by atoms with van der Waals surface area (Å²) in [5.74, 6) is 0.678. The summed E-state index contributed by atoms with van der Waals surface area (Å²) in [5.41, 5.74) is 2.52. The fourth-order valence-electron chi connectivity index (χ4n) is 3.53. The first-order valence-electron chi connectivity index (χ1n) is 9.86. The highest BCUT2D eigenvalue weighted by molar-refractivity contribution is 5.83. The molecule has 0 unspecified atom stereocenters. The van der Waals surface area contributed by atoms with Crippen molar-refractivity contribution in [2.24, 2.45) is 0 Å². The van der Waals surface area contributed by atoms with E-state index in [1.165, 1.54) is 4.68 Å². The molecular weight excluding hydrogens is 382 g/mol. The number of carbonyl (C=O) groups is 1. The number of benzene rings is 1. The molecule has 0 aliphatic heterocycles. The van der Waals surface area contributed by atoms with Crippen molar-refractivity contribution in [3.05, 3.63) is 76.2 Å². The lowest BCUT2D eigenvalue weighted by atomic mass is 10.2. The first kappa shape index (κ1) is 19.6. The van der Waals surface area contributed by atoms with Crippen molar-refractivity contribution < 1.29 is 9.21 Å². The van der Waals surface area contributed by atoms with Gasteiger partial charge in [0.1, 0.15) is 5.76 Å². The molecule has 30 heavy (non-hydrogen) atoms. The molecule has 0 saturated carbocycles. The maximum atomic E-state index is 12.9. The highest BCUT2D eigenvalue weighted by atomic mass is 16.3. The van der Waals surface area contributed by atoms with E-state index in [1.54, 1.807) is 10.9 Å². The maximum Gasteiger partial charge on any atom is 0.295 e. The number of para-hydroxylation sites is 1. The number of hydrogen-bond donors (Lipinski definition) is 1. The number of rotatable bonds is 7. The summed E-state index contributed by atoms with van der Waals surface area (Å²) < 4.78 is 8.32. The molecule has 4 aromatic rings. The zero-order chi connectivity index (χ0) is 21.1. The van der Waals surface area contributed by atoms with E-state index < -0.39 is 0 Å². The average molecular weight is 405 g/mol. The van der Waals surface area contributed by atoms with Gasteiger partial charge in [-0.1, -0.05) is 18.2 Å². The van der Waals surface area contributed by atoms with Crippen LogP contribution in [-0.2, 0) is 17.8 Å². The van der Waals surface area contributed by atoms with Crippen LogP contribution in [0.3, 0.4) is 0 Å². The van der Waals surface area contributed by atoms with Gasteiger partial charge < -0.3 is 9.73 Å². The predicted octanol–water partition coefficient (Wildman–Crippen LogP) is 2.54. The Labute approximate surface area is 173 Å². The molecule has 4 rings (SSSR count). The summed E-state index contributed by atoms with van der Waals surface area (Å²) >= 11 is 0. The minimum absolute atomic E-state index is 0.140. The Hall–Kier alpha value is -3.68. The number of nitrogens with one attached hydrogen (secondary N) is 1. The molecule has 1 aromatic carbocycles. The monoisotopic (exact) mass is 405 g/mol. The van der Waals surface area contributed by atoms with Crippen LogP contribution in [0.2, 0.25) is 0 Å². The molecule has 1 N–H and O–H groups in total. The molecule has 3 aromatic heterocycles. The SMILES string of the molecule is Cc1nn(CCC(=O)NCCc2ccco2)c(=O)c2nn(-c3ccccc3)c(C)c12. The number of aryl methyl sites for hydroxylation is 3. The van der Waals surface area contributed by atoms with Gasteiger partial charge in [-0.3, -0.25) is 9.59 Å². The lowest BCUT2D eigenvalue weighted by Gasteiger charge is -2.07. The van der Waals surface area contributed by atoms with Crippen LogP contribution < -0.4 is 10.9 Å². The molecule has 154 valence electrons. The van der Waals surface area contributed by atoms with Crippen molar-refractivity contribution in [2.45, 2.75) is 33.2 Å². The summed E-state index contributed by atoms with van der Waals surface area (Å²) in [5, 5.41) is 12.5. The van der Waals surface area contributed by atoms with Crippen LogP contribution >= 0.6 is 0 Å². The van der Waals surface area contributed by atoms with E-state index >= 15 is 0 Å². The highest BCUT2D eigenvalue weighted by Crippen LogP contribution is 2.20. The Balaban J connectivity index is 1.50. The van der Waals surface area contributed by atoms with Crippen LogP contribution in [0.4, 0.5) is 0 Å². The second-order valence-electron chi connectivity index (χ2n) is 7.10. The fourth-order valence-corrected chi connectivity index (χ4v) is 3.53. The van der Waals surface area contributed by atoms with E-state index in [0.717, 1.165) is 22.5 Å². The van der Waals surface area contributed by atoms with Crippen LogP contribution in [0.1, 0.15) is 23.6 Å². The third-order valence-electron chi connectivity index (χ3n) is 5.01. The van der Waals surface area contributed by atoms with Crippen molar-refractivity contribution in [3.63, 3.8) is 0 Å². The summed E-state index contributed by atoms with van der Waals surface area (Å²) in [6.45, 7) is 4.45. The Bertz CT molecular complexity index is 1220. The molecule has 0 aliphatic carbocycles. The van der Waals surface area contributed by atoms with Gasteiger partial charge in [0.25, 0.3) is 5.56 Å². The highest BCUT2D eigenvalue weighted by Gasteiger charge is 2.17. The second kappa shape index (κ2) is 8.36. The fraction of sp³-hybridized carbons (Fsp3) is 0.273. The van der Waals surface area contributed by atoms with Crippen LogP contribution in [-0.4, -0.2) is 32.0 Å². The lowest BCUT2D eigenvalue weighted by Crippen LogP contribution is -2.30. The normalized spacial score (nSPS) is 11.1. The van der Waals surface area contributed by atoms with Crippen molar-refractivity contribution in [2.75, 3.05) is 6.54 Å².